The Hall–Kier alpha value is -3.62. The Morgan fingerprint density at radius 1 is 1.09 bits per heavy atom. The summed E-state index contributed by atoms with van der Waals surface area (Å²) in [7, 11) is 1.50. The standard InChI is InChI=1S/C25H21ClN4O3S/c1-33-21-12-9-18(17-5-3-2-4-6-17)13-20(21)30-23(31)14-22(24(30)32)34-25(27)29-28-15-16-7-10-19(26)11-8-16/h2-13,15,22H,14H2,1H3,(H2,27,29)/b28-15-/t22-/m1/s1. The topological polar surface area (TPSA) is 97.3 Å². The number of anilines is 1. The molecule has 4 rings (SSSR count). The summed E-state index contributed by atoms with van der Waals surface area (Å²) >= 11 is 6.87. The molecule has 3 aromatic carbocycles. The molecule has 172 valence electrons. The van der Waals surface area contributed by atoms with Crippen molar-refractivity contribution in [3.05, 3.63) is 83.4 Å². The van der Waals surface area contributed by atoms with Crippen molar-refractivity contribution in [2.24, 2.45) is 15.9 Å². The molecule has 1 atom stereocenters. The number of nitrogens with zero attached hydrogens (tertiary/aromatic N) is 3. The van der Waals surface area contributed by atoms with Gasteiger partial charge in [-0.25, -0.2) is 4.90 Å². The van der Waals surface area contributed by atoms with Gasteiger partial charge in [0.1, 0.15) is 11.0 Å². The Morgan fingerprint density at radius 2 is 1.82 bits per heavy atom. The molecule has 0 unspecified atom stereocenters. The van der Waals surface area contributed by atoms with Crippen LogP contribution >= 0.6 is 23.4 Å². The molecular formula is C25H21ClN4O3S. The zero-order valence-corrected chi connectivity index (χ0v) is 19.8. The molecule has 34 heavy (non-hydrogen) atoms. The van der Waals surface area contributed by atoms with Crippen LogP contribution in [0.2, 0.25) is 5.02 Å². The minimum atomic E-state index is -0.702. The van der Waals surface area contributed by atoms with E-state index in [9.17, 15) is 9.59 Å². The Morgan fingerprint density at radius 3 is 2.53 bits per heavy atom. The van der Waals surface area contributed by atoms with Crippen molar-refractivity contribution in [1.29, 1.82) is 0 Å². The van der Waals surface area contributed by atoms with Gasteiger partial charge in [-0.15, -0.1) is 5.10 Å². The van der Waals surface area contributed by atoms with Crippen LogP contribution in [0.3, 0.4) is 0 Å². The summed E-state index contributed by atoms with van der Waals surface area (Å²) < 4.78 is 5.44. The molecule has 0 saturated carbocycles. The highest BCUT2D eigenvalue weighted by atomic mass is 35.5. The van der Waals surface area contributed by atoms with Crippen LogP contribution in [0.4, 0.5) is 5.69 Å². The van der Waals surface area contributed by atoms with Gasteiger partial charge in [-0.2, -0.15) is 5.10 Å². The van der Waals surface area contributed by atoms with Crippen molar-refractivity contribution >= 4 is 52.2 Å². The third-order valence-corrected chi connectivity index (χ3v) is 6.36. The Balaban J connectivity index is 1.52. The maximum Gasteiger partial charge on any atom is 0.248 e. The fourth-order valence-electron chi connectivity index (χ4n) is 3.49. The van der Waals surface area contributed by atoms with Crippen LogP contribution in [0, 0.1) is 0 Å². The number of amidine groups is 1. The average Bonchev–Trinajstić information content (AvgIpc) is 3.12. The van der Waals surface area contributed by atoms with E-state index in [4.69, 9.17) is 22.1 Å². The van der Waals surface area contributed by atoms with Crippen molar-refractivity contribution in [1.82, 2.24) is 0 Å². The number of methoxy groups -OCH3 is 1. The molecule has 1 fully saturated rings. The van der Waals surface area contributed by atoms with Gasteiger partial charge < -0.3 is 10.5 Å². The molecule has 2 N–H and O–H groups in total. The van der Waals surface area contributed by atoms with E-state index in [1.165, 1.54) is 13.3 Å². The van der Waals surface area contributed by atoms with Crippen LogP contribution in [0.1, 0.15) is 12.0 Å². The molecule has 0 aliphatic carbocycles. The second-order valence-electron chi connectivity index (χ2n) is 7.37. The summed E-state index contributed by atoms with van der Waals surface area (Å²) in [5, 5.41) is 7.89. The lowest BCUT2D eigenvalue weighted by Gasteiger charge is -2.19. The summed E-state index contributed by atoms with van der Waals surface area (Å²) in [6.07, 6.45) is 1.52. The molecule has 1 aliphatic heterocycles. The monoisotopic (exact) mass is 492 g/mol. The van der Waals surface area contributed by atoms with Crippen LogP contribution in [-0.2, 0) is 9.59 Å². The molecular weight excluding hydrogens is 472 g/mol. The molecule has 2 amide bonds. The molecule has 3 aromatic rings. The van der Waals surface area contributed by atoms with Gasteiger partial charge in [0, 0.05) is 11.4 Å². The normalized spacial score (nSPS) is 16.5. The van der Waals surface area contributed by atoms with Gasteiger partial charge in [0.25, 0.3) is 0 Å². The zero-order valence-electron chi connectivity index (χ0n) is 18.2. The van der Waals surface area contributed by atoms with Gasteiger partial charge in [-0.05, 0) is 41.0 Å². The minimum absolute atomic E-state index is 0.000657. The SMILES string of the molecule is COc1ccc(-c2ccccc2)cc1N1C(=O)C[C@@H](SC(N)=N/N=C\c2ccc(Cl)cc2)C1=O. The van der Waals surface area contributed by atoms with E-state index >= 15 is 0 Å². The molecule has 0 aromatic heterocycles. The van der Waals surface area contributed by atoms with E-state index in [0.29, 0.717) is 16.5 Å². The number of hydrogen-bond donors (Lipinski definition) is 1. The predicted molar refractivity (Wildman–Crippen MR) is 138 cm³/mol. The number of amides is 2. The number of ether oxygens (including phenoxy) is 1. The van der Waals surface area contributed by atoms with E-state index in [1.807, 2.05) is 36.4 Å². The van der Waals surface area contributed by atoms with Crippen LogP contribution in [-0.4, -0.2) is 35.6 Å². The number of benzene rings is 3. The highest BCUT2D eigenvalue weighted by molar-refractivity contribution is 8.14. The Bertz CT molecular complexity index is 1260. The number of imide groups is 1. The summed E-state index contributed by atoms with van der Waals surface area (Å²) in [4.78, 5) is 27.2. The molecule has 0 radical (unpaired) electrons. The van der Waals surface area contributed by atoms with E-state index in [2.05, 4.69) is 10.2 Å². The van der Waals surface area contributed by atoms with Gasteiger partial charge in [0.2, 0.25) is 11.8 Å². The predicted octanol–water partition coefficient (Wildman–Crippen LogP) is 4.73. The van der Waals surface area contributed by atoms with Crippen LogP contribution in [0.25, 0.3) is 11.1 Å². The average molecular weight is 493 g/mol. The molecule has 1 heterocycles. The van der Waals surface area contributed by atoms with Gasteiger partial charge in [-0.1, -0.05) is 71.9 Å². The molecule has 1 aliphatic rings. The van der Waals surface area contributed by atoms with Crippen LogP contribution in [0.15, 0.2) is 83.0 Å². The van der Waals surface area contributed by atoms with Gasteiger partial charge in [-0.3, -0.25) is 9.59 Å². The number of hydrogen-bond acceptors (Lipinski definition) is 6. The van der Waals surface area contributed by atoms with E-state index < -0.39 is 5.25 Å². The number of halogens is 1. The maximum atomic E-state index is 13.2. The second-order valence-corrected chi connectivity index (χ2v) is 9.02. The fraction of sp³-hybridized carbons (Fsp3) is 0.120. The largest absolute Gasteiger partial charge is 0.495 e. The van der Waals surface area contributed by atoms with Crippen molar-refractivity contribution in [2.75, 3.05) is 12.0 Å². The Kier molecular flexibility index (Phi) is 7.30. The molecule has 0 spiro atoms. The lowest BCUT2D eigenvalue weighted by atomic mass is 10.0. The quantitative estimate of drug-likeness (QED) is 0.232. The Labute approximate surface area is 206 Å². The van der Waals surface area contributed by atoms with Crippen LogP contribution < -0.4 is 15.4 Å². The second kappa shape index (κ2) is 10.5. The first-order chi connectivity index (χ1) is 16.5. The third-order valence-electron chi connectivity index (χ3n) is 5.13. The molecule has 9 heteroatoms. The summed E-state index contributed by atoms with van der Waals surface area (Å²) in [5.41, 5.74) is 8.99. The zero-order chi connectivity index (χ0) is 24.1. The maximum absolute atomic E-state index is 13.2. The smallest absolute Gasteiger partial charge is 0.248 e. The highest BCUT2D eigenvalue weighted by Gasteiger charge is 2.41. The van der Waals surface area contributed by atoms with Crippen molar-refractivity contribution in [2.45, 2.75) is 11.7 Å². The van der Waals surface area contributed by atoms with E-state index in [0.717, 1.165) is 33.4 Å². The first-order valence-electron chi connectivity index (χ1n) is 10.3. The number of rotatable bonds is 6. The van der Waals surface area contributed by atoms with Crippen LogP contribution in [0.5, 0.6) is 5.75 Å². The molecule has 7 nitrogen and oxygen atoms in total. The first-order valence-corrected chi connectivity index (χ1v) is 11.6. The van der Waals surface area contributed by atoms with Crippen molar-refractivity contribution in [3.8, 4) is 16.9 Å². The van der Waals surface area contributed by atoms with Gasteiger partial charge >= 0.3 is 0 Å². The lowest BCUT2D eigenvalue weighted by molar-refractivity contribution is -0.121. The number of nitrogens with two attached hydrogens (primary N) is 1. The lowest BCUT2D eigenvalue weighted by Crippen LogP contribution is -2.32. The third kappa shape index (κ3) is 5.30. The van der Waals surface area contributed by atoms with E-state index in [1.54, 1.807) is 36.4 Å². The minimum Gasteiger partial charge on any atom is -0.495 e. The first kappa shape index (κ1) is 23.5. The van der Waals surface area contributed by atoms with Gasteiger partial charge in [0.05, 0.1) is 19.0 Å². The fourth-order valence-corrected chi connectivity index (χ4v) is 4.44. The summed E-state index contributed by atoms with van der Waals surface area (Å²) in [5.74, 6) is -0.275. The van der Waals surface area contributed by atoms with Gasteiger partial charge in [0.15, 0.2) is 5.17 Å². The molecule has 1 saturated heterocycles. The number of carbonyl (C=O) groups is 2. The highest BCUT2D eigenvalue weighted by Crippen LogP contribution is 2.38. The molecule has 0 bridgehead atoms. The summed E-state index contributed by atoms with van der Waals surface area (Å²) in [6.45, 7) is 0. The number of carbonyl (C=O) groups excluding carboxylic acids is 2. The van der Waals surface area contributed by atoms with E-state index in [-0.39, 0.29) is 23.4 Å². The van der Waals surface area contributed by atoms with Crippen molar-refractivity contribution < 1.29 is 14.3 Å². The number of thioether (sulfide) groups is 1. The summed E-state index contributed by atoms with van der Waals surface area (Å²) in [6, 6.07) is 22.2. The van der Waals surface area contributed by atoms with Crippen molar-refractivity contribution in [3.63, 3.8) is 0 Å².